The van der Waals surface area contributed by atoms with Gasteiger partial charge in [-0.25, -0.2) is 4.98 Å². The van der Waals surface area contributed by atoms with Gasteiger partial charge in [-0.3, -0.25) is 0 Å². The summed E-state index contributed by atoms with van der Waals surface area (Å²) in [5, 5.41) is 8.15. The second-order valence-corrected chi connectivity index (χ2v) is 6.44. The maximum Gasteiger partial charge on any atom is 0.109 e. The number of hydrogen-bond donors (Lipinski definition) is 2. The Morgan fingerprint density at radius 2 is 2.35 bits per heavy atom. The average Bonchev–Trinajstić information content (AvgIpc) is 3.12. The summed E-state index contributed by atoms with van der Waals surface area (Å²) in [5.74, 6) is 0. The van der Waals surface area contributed by atoms with E-state index in [1.807, 2.05) is 17.5 Å². The molecular weight excluding hydrogens is 266 g/mol. The molecule has 2 aromatic rings. The topological polar surface area (TPSA) is 37.0 Å². The van der Waals surface area contributed by atoms with Crippen molar-refractivity contribution in [2.45, 2.75) is 39.3 Å². The number of benzene rings is 1. The molecule has 0 spiro atoms. The number of aryl methyl sites for hydroxylation is 1. The average molecular weight is 287 g/mol. The lowest BCUT2D eigenvalue weighted by atomic mass is 10.1. The summed E-state index contributed by atoms with van der Waals surface area (Å²) in [6.45, 7) is 6.33. The molecule has 1 atom stereocenters. The minimum absolute atomic E-state index is 0.312. The fourth-order valence-corrected chi connectivity index (χ4v) is 3.40. The molecule has 2 heterocycles. The predicted octanol–water partition coefficient (Wildman–Crippen LogP) is 3.52. The van der Waals surface area contributed by atoms with Gasteiger partial charge in [0.2, 0.25) is 0 Å². The normalized spacial score (nSPS) is 14.9. The number of fused-ring (bicyclic) bond motifs is 1. The highest BCUT2D eigenvalue weighted by atomic mass is 32.1. The Morgan fingerprint density at radius 1 is 1.45 bits per heavy atom. The second kappa shape index (κ2) is 5.94. The third-order valence-electron chi connectivity index (χ3n) is 3.78. The minimum atomic E-state index is 0.312. The molecule has 0 aliphatic carbocycles. The van der Waals surface area contributed by atoms with Crippen molar-refractivity contribution in [1.82, 2.24) is 10.3 Å². The summed E-state index contributed by atoms with van der Waals surface area (Å²) in [7, 11) is 0. The molecule has 3 rings (SSSR count). The fourth-order valence-electron chi connectivity index (χ4n) is 2.51. The molecule has 1 unspecified atom stereocenters. The molecule has 106 valence electrons. The third-order valence-corrected chi connectivity index (χ3v) is 5.11. The zero-order valence-electron chi connectivity index (χ0n) is 12.1. The molecule has 1 aliphatic heterocycles. The van der Waals surface area contributed by atoms with Gasteiger partial charge in [0.25, 0.3) is 0 Å². The lowest BCUT2D eigenvalue weighted by Gasteiger charge is -2.12. The first-order chi connectivity index (χ1) is 9.76. The van der Waals surface area contributed by atoms with Crippen molar-refractivity contribution in [1.29, 1.82) is 0 Å². The Bertz CT molecular complexity index is 591. The first kappa shape index (κ1) is 13.6. The molecule has 4 heteroatoms. The summed E-state index contributed by atoms with van der Waals surface area (Å²) < 4.78 is 0. The van der Waals surface area contributed by atoms with Crippen molar-refractivity contribution in [3.05, 3.63) is 45.4 Å². The van der Waals surface area contributed by atoms with Crippen LogP contribution in [-0.4, -0.2) is 11.5 Å². The van der Waals surface area contributed by atoms with Crippen molar-refractivity contribution < 1.29 is 0 Å². The maximum atomic E-state index is 4.50. The van der Waals surface area contributed by atoms with Crippen LogP contribution in [0.15, 0.2) is 24.4 Å². The molecule has 0 saturated carbocycles. The van der Waals surface area contributed by atoms with Gasteiger partial charge in [0.1, 0.15) is 5.01 Å². The quantitative estimate of drug-likeness (QED) is 0.883. The highest BCUT2D eigenvalue weighted by Crippen LogP contribution is 2.24. The molecule has 0 fully saturated rings. The van der Waals surface area contributed by atoms with Gasteiger partial charge in [0.15, 0.2) is 0 Å². The SMILES string of the molecule is CCc1cnc(C(C)NCc2ccc3c(c2)CCN3)s1. The summed E-state index contributed by atoms with van der Waals surface area (Å²) in [5.41, 5.74) is 4.10. The Morgan fingerprint density at radius 3 is 3.15 bits per heavy atom. The Hall–Kier alpha value is -1.39. The van der Waals surface area contributed by atoms with Gasteiger partial charge < -0.3 is 10.6 Å². The molecule has 0 amide bonds. The molecule has 0 saturated heterocycles. The van der Waals surface area contributed by atoms with Crippen molar-refractivity contribution in [3.63, 3.8) is 0 Å². The zero-order valence-corrected chi connectivity index (χ0v) is 12.9. The van der Waals surface area contributed by atoms with Crippen molar-refractivity contribution in [2.75, 3.05) is 11.9 Å². The number of rotatable bonds is 5. The summed E-state index contributed by atoms with van der Waals surface area (Å²) in [6, 6.07) is 7.03. The van der Waals surface area contributed by atoms with Crippen LogP contribution >= 0.6 is 11.3 Å². The first-order valence-electron chi connectivity index (χ1n) is 7.30. The second-order valence-electron chi connectivity index (χ2n) is 5.29. The van der Waals surface area contributed by atoms with E-state index in [0.29, 0.717) is 6.04 Å². The van der Waals surface area contributed by atoms with E-state index in [4.69, 9.17) is 0 Å². The molecule has 0 radical (unpaired) electrons. The van der Waals surface area contributed by atoms with Crippen LogP contribution in [0.25, 0.3) is 0 Å². The van der Waals surface area contributed by atoms with Crippen molar-refractivity contribution >= 4 is 17.0 Å². The van der Waals surface area contributed by atoms with Crippen LogP contribution in [0.2, 0.25) is 0 Å². The van der Waals surface area contributed by atoms with Crippen molar-refractivity contribution in [3.8, 4) is 0 Å². The summed E-state index contributed by atoms with van der Waals surface area (Å²) in [6.07, 6.45) is 4.21. The van der Waals surface area contributed by atoms with E-state index in [1.165, 1.54) is 26.7 Å². The van der Waals surface area contributed by atoms with Crippen molar-refractivity contribution in [2.24, 2.45) is 0 Å². The lowest BCUT2D eigenvalue weighted by Crippen LogP contribution is -2.17. The molecule has 1 aliphatic rings. The largest absolute Gasteiger partial charge is 0.384 e. The number of thiazole rings is 1. The molecule has 0 bridgehead atoms. The molecule has 3 nitrogen and oxygen atoms in total. The predicted molar refractivity (Wildman–Crippen MR) is 85.4 cm³/mol. The number of aromatic nitrogens is 1. The monoisotopic (exact) mass is 287 g/mol. The Kier molecular flexibility index (Phi) is 4.03. The van der Waals surface area contributed by atoms with E-state index >= 15 is 0 Å². The number of anilines is 1. The van der Waals surface area contributed by atoms with Crippen LogP contribution in [0.4, 0.5) is 5.69 Å². The van der Waals surface area contributed by atoms with E-state index in [9.17, 15) is 0 Å². The summed E-state index contributed by atoms with van der Waals surface area (Å²) >= 11 is 1.81. The van der Waals surface area contributed by atoms with Gasteiger partial charge in [-0.15, -0.1) is 11.3 Å². The van der Waals surface area contributed by atoms with Gasteiger partial charge in [0.05, 0.1) is 6.04 Å². The molecule has 20 heavy (non-hydrogen) atoms. The van der Waals surface area contributed by atoms with Gasteiger partial charge in [-0.2, -0.15) is 0 Å². The molecule has 1 aromatic carbocycles. The van der Waals surface area contributed by atoms with Crippen LogP contribution < -0.4 is 10.6 Å². The van der Waals surface area contributed by atoms with Crippen LogP contribution in [0.5, 0.6) is 0 Å². The number of hydrogen-bond acceptors (Lipinski definition) is 4. The molecule has 1 aromatic heterocycles. The van der Waals surface area contributed by atoms with Gasteiger partial charge >= 0.3 is 0 Å². The number of nitrogens with one attached hydrogen (secondary N) is 2. The Labute approximate surface area is 124 Å². The lowest BCUT2D eigenvalue weighted by molar-refractivity contribution is 0.571. The molecule has 2 N–H and O–H groups in total. The van der Waals surface area contributed by atoms with E-state index in [1.54, 1.807) is 0 Å². The zero-order chi connectivity index (χ0) is 13.9. The van der Waals surface area contributed by atoms with Gasteiger partial charge in [-0.1, -0.05) is 19.1 Å². The number of nitrogens with zero attached hydrogens (tertiary/aromatic N) is 1. The standard InChI is InChI=1S/C16H21N3S/c1-3-14-10-19-16(20-14)11(2)18-9-12-4-5-15-13(8-12)6-7-17-15/h4-5,8,10-11,17-18H,3,6-7,9H2,1-2H3. The third kappa shape index (κ3) is 2.86. The van der Waals surface area contributed by atoms with Gasteiger partial charge in [0, 0.05) is 29.9 Å². The summed E-state index contributed by atoms with van der Waals surface area (Å²) in [4.78, 5) is 5.86. The maximum absolute atomic E-state index is 4.50. The Balaban J connectivity index is 1.61. The minimum Gasteiger partial charge on any atom is -0.384 e. The van der Waals surface area contributed by atoms with Crippen LogP contribution in [0.1, 0.15) is 40.9 Å². The van der Waals surface area contributed by atoms with Crippen LogP contribution in [-0.2, 0) is 19.4 Å². The van der Waals surface area contributed by atoms with E-state index < -0.39 is 0 Å². The van der Waals surface area contributed by atoms with E-state index in [0.717, 1.165) is 25.9 Å². The smallest absolute Gasteiger partial charge is 0.109 e. The van der Waals surface area contributed by atoms with E-state index in [2.05, 4.69) is 47.7 Å². The van der Waals surface area contributed by atoms with Crippen LogP contribution in [0, 0.1) is 0 Å². The highest BCUT2D eigenvalue weighted by Gasteiger charge is 2.12. The fraction of sp³-hybridized carbons (Fsp3) is 0.438. The first-order valence-corrected chi connectivity index (χ1v) is 8.11. The highest BCUT2D eigenvalue weighted by molar-refractivity contribution is 7.11. The van der Waals surface area contributed by atoms with Gasteiger partial charge in [-0.05, 0) is 37.0 Å². The molecular formula is C16H21N3S. The van der Waals surface area contributed by atoms with Crippen LogP contribution in [0.3, 0.4) is 0 Å². The van der Waals surface area contributed by atoms with E-state index in [-0.39, 0.29) is 0 Å².